The molecule has 8 heteroatoms. The van der Waals surface area contributed by atoms with Crippen molar-refractivity contribution in [2.24, 2.45) is 0 Å². The van der Waals surface area contributed by atoms with Gasteiger partial charge < -0.3 is 25.0 Å². The Morgan fingerprint density at radius 2 is 1.77 bits per heavy atom. The van der Waals surface area contributed by atoms with Gasteiger partial charge in [0.05, 0.1) is 17.7 Å². The molecule has 1 aliphatic rings. The van der Waals surface area contributed by atoms with Crippen molar-refractivity contribution in [3.63, 3.8) is 0 Å². The minimum atomic E-state index is -1.82. The van der Waals surface area contributed by atoms with Gasteiger partial charge in [0, 0.05) is 5.92 Å². The van der Waals surface area contributed by atoms with Gasteiger partial charge >= 0.3 is 11.9 Å². The van der Waals surface area contributed by atoms with Crippen molar-refractivity contribution < 1.29 is 29.6 Å². The second kappa shape index (κ2) is 13.5. The smallest absolute Gasteiger partial charge is 0.414 e. The number of rotatable bonds is 8. The number of aliphatic carboxylic acids is 2. The highest BCUT2D eigenvalue weighted by Gasteiger charge is 2.41. The SMILES string of the molecule is CCN(CC)CCC[C@]1(O)c2ccccc2CCC[C@@H]1c1ccc(Cl)c(OC)c1.O=C(O)C(=O)O. The lowest BCUT2D eigenvalue weighted by Crippen LogP contribution is -2.35. The molecule has 2 atom stereocenters. The third-order valence-electron chi connectivity index (χ3n) is 6.69. The molecule has 35 heavy (non-hydrogen) atoms. The van der Waals surface area contributed by atoms with E-state index in [1.165, 1.54) is 5.56 Å². The molecule has 0 heterocycles. The molecule has 0 amide bonds. The molecule has 0 unspecified atom stereocenters. The zero-order chi connectivity index (χ0) is 26.0. The lowest BCUT2D eigenvalue weighted by atomic mass is 9.73. The van der Waals surface area contributed by atoms with E-state index in [9.17, 15) is 5.11 Å². The average molecular weight is 506 g/mol. The first-order valence-electron chi connectivity index (χ1n) is 12.0. The predicted octanol–water partition coefficient (Wildman–Crippen LogP) is 4.93. The molecule has 0 aromatic heterocycles. The van der Waals surface area contributed by atoms with Crippen LogP contribution in [0.5, 0.6) is 5.75 Å². The number of aryl methyl sites for hydroxylation is 1. The number of hydrogen-bond acceptors (Lipinski definition) is 5. The number of benzene rings is 2. The van der Waals surface area contributed by atoms with Crippen LogP contribution in [-0.4, -0.2) is 58.9 Å². The maximum Gasteiger partial charge on any atom is 0.414 e. The third kappa shape index (κ3) is 7.43. The van der Waals surface area contributed by atoms with Gasteiger partial charge in [0.1, 0.15) is 5.75 Å². The number of carboxylic acid groups (broad SMARTS) is 2. The van der Waals surface area contributed by atoms with E-state index in [-0.39, 0.29) is 5.92 Å². The van der Waals surface area contributed by atoms with Crippen LogP contribution in [0.4, 0.5) is 0 Å². The number of ether oxygens (including phenoxy) is 1. The highest BCUT2D eigenvalue weighted by molar-refractivity contribution is 6.32. The Labute approximate surface area is 212 Å². The quantitative estimate of drug-likeness (QED) is 0.344. The summed E-state index contributed by atoms with van der Waals surface area (Å²) in [7, 11) is 1.64. The molecule has 0 spiro atoms. The van der Waals surface area contributed by atoms with Crippen molar-refractivity contribution in [1.29, 1.82) is 0 Å². The van der Waals surface area contributed by atoms with E-state index >= 15 is 0 Å². The molecule has 0 saturated carbocycles. The summed E-state index contributed by atoms with van der Waals surface area (Å²) in [4.78, 5) is 20.6. The Balaban J connectivity index is 0.000000641. The number of methoxy groups -OCH3 is 1. The number of nitrogens with zero attached hydrogens (tertiary/aromatic N) is 1. The number of halogens is 1. The zero-order valence-electron chi connectivity index (χ0n) is 20.7. The maximum absolute atomic E-state index is 12.2. The molecular formula is C27H36ClNO6. The summed E-state index contributed by atoms with van der Waals surface area (Å²) in [6, 6.07) is 14.4. The normalized spacial score (nSPS) is 19.2. The fraction of sp³-hybridized carbons (Fsp3) is 0.481. The molecule has 3 N–H and O–H groups in total. The van der Waals surface area contributed by atoms with E-state index in [1.54, 1.807) is 7.11 Å². The number of hydrogen-bond donors (Lipinski definition) is 3. The number of aliphatic hydroxyl groups is 1. The van der Waals surface area contributed by atoms with Crippen LogP contribution in [0, 0.1) is 0 Å². The van der Waals surface area contributed by atoms with Gasteiger partial charge in [-0.3, -0.25) is 0 Å². The van der Waals surface area contributed by atoms with Crippen molar-refractivity contribution in [3.8, 4) is 5.75 Å². The molecule has 1 aliphatic carbocycles. The summed E-state index contributed by atoms with van der Waals surface area (Å²) >= 11 is 6.28. The highest BCUT2D eigenvalue weighted by Crippen LogP contribution is 2.48. The van der Waals surface area contributed by atoms with Crippen LogP contribution in [0.25, 0.3) is 0 Å². The van der Waals surface area contributed by atoms with E-state index < -0.39 is 17.5 Å². The Kier molecular flexibility index (Phi) is 11.0. The van der Waals surface area contributed by atoms with Crippen molar-refractivity contribution in [1.82, 2.24) is 4.90 Å². The summed E-state index contributed by atoms with van der Waals surface area (Å²) in [5.74, 6) is -2.95. The maximum atomic E-state index is 12.2. The van der Waals surface area contributed by atoms with Crippen LogP contribution in [0.1, 0.15) is 62.1 Å². The number of carboxylic acids is 2. The van der Waals surface area contributed by atoms with E-state index in [2.05, 4.69) is 49.1 Å². The summed E-state index contributed by atoms with van der Waals surface area (Å²) in [5, 5.41) is 27.6. The van der Waals surface area contributed by atoms with Crippen molar-refractivity contribution in [2.45, 2.75) is 57.5 Å². The molecule has 2 aromatic carbocycles. The molecule has 0 fully saturated rings. The standard InChI is InChI=1S/C25H34ClNO2.C2H2O4/c1-4-27(5-2)17-9-16-25(28)21-12-7-6-10-19(21)11-8-13-22(25)20-14-15-23(26)24(18-20)29-3;3-1(4)2(5)6/h6-7,10,12,14-15,18,22,28H,4-5,8-9,11,13,16-17H2,1-3H3;(H,3,4)(H,5,6)/t22-,25+;/m1./s1. The minimum absolute atomic E-state index is 0.0222. The highest BCUT2D eigenvalue weighted by atomic mass is 35.5. The van der Waals surface area contributed by atoms with Crippen LogP contribution < -0.4 is 4.74 Å². The van der Waals surface area contributed by atoms with E-state index in [0.717, 1.165) is 62.9 Å². The molecule has 7 nitrogen and oxygen atoms in total. The lowest BCUT2D eigenvalue weighted by Gasteiger charge is -2.38. The summed E-state index contributed by atoms with van der Waals surface area (Å²) in [6.45, 7) is 7.49. The van der Waals surface area contributed by atoms with E-state index in [0.29, 0.717) is 10.8 Å². The molecular weight excluding hydrogens is 470 g/mol. The fourth-order valence-corrected chi connectivity index (χ4v) is 5.03. The van der Waals surface area contributed by atoms with Gasteiger partial charge in [-0.2, -0.15) is 0 Å². The monoisotopic (exact) mass is 505 g/mol. The fourth-order valence-electron chi connectivity index (χ4n) is 4.84. The predicted molar refractivity (Wildman–Crippen MR) is 136 cm³/mol. The first-order valence-corrected chi connectivity index (χ1v) is 12.4. The Morgan fingerprint density at radius 3 is 2.37 bits per heavy atom. The molecule has 2 aromatic rings. The Hall–Kier alpha value is -2.61. The minimum Gasteiger partial charge on any atom is -0.495 e. The number of carbonyl (C=O) groups is 2. The lowest BCUT2D eigenvalue weighted by molar-refractivity contribution is -0.159. The van der Waals surface area contributed by atoms with Gasteiger partial charge in [0.25, 0.3) is 0 Å². The van der Waals surface area contributed by atoms with E-state index in [1.807, 2.05) is 12.1 Å². The second-order valence-corrected chi connectivity index (χ2v) is 9.07. The molecule has 0 aliphatic heterocycles. The van der Waals surface area contributed by atoms with Gasteiger partial charge in [-0.1, -0.05) is 55.8 Å². The Morgan fingerprint density at radius 1 is 1.11 bits per heavy atom. The molecule has 192 valence electrons. The topological polar surface area (TPSA) is 107 Å². The molecule has 3 rings (SSSR count). The summed E-state index contributed by atoms with van der Waals surface area (Å²) < 4.78 is 5.47. The van der Waals surface area contributed by atoms with Crippen molar-refractivity contribution >= 4 is 23.5 Å². The van der Waals surface area contributed by atoms with E-state index in [4.69, 9.17) is 36.1 Å². The van der Waals surface area contributed by atoms with Crippen molar-refractivity contribution in [3.05, 3.63) is 64.2 Å². The van der Waals surface area contributed by atoms with Gasteiger partial charge in [0.2, 0.25) is 0 Å². The first kappa shape index (κ1) is 28.6. The summed E-state index contributed by atoms with van der Waals surface area (Å²) in [5.41, 5.74) is 2.59. The van der Waals surface area contributed by atoms with Gasteiger partial charge in [-0.25, -0.2) is 9.59 Å². The number of fused-ring (bicyclic) bond motifs is 1. The molecule has 0 bridgehead atoms. The molecule has 0 saturated heterocycles. The first-order chi connectivity index (χ1) is 16.7. The van der Waals surface area contributed by atoms with Crippen LogP contribution in [-0.2, 0) is 21.6 Å². The average Bonchev–Trinajstić information content (AvgIpc) is 2.99. The summed E-state index contributed by atoms with van der Waals surface area (Å²) in [6.07, 6.45) is 4.73. The zero-order valence-corrected chi connectivity index (χ0v) is 21.4. The van der Waals surface area contributed by atoms with Gasteiger partial charge in [-0.05, 0) is 80.6 Å². The Bertz CT molecular complexity index is 981. The van der Waals surface area contributed by atoms with Crippen LogP contribution >= 0.6 is 11.6 Å². The van der Waals surface area contributed by atoms with Gasteiger partial charge in [-0.15, -0.1) is 0 Å². The van der Waals surface area contributed by atoms with Crippen molar-refractivity contribution in [2.75, 3.05) is 26.7 Å². The van der Waals surface area contributed by atoms with Gasteiger partial charge in [0.15, 0.2) is 0 Å². The second-order valence-electron chi connectivity index (χ2n) is 8.66. The van der Waals surface area contributed by atoms with Crippen LogP contribution in [0.15, 0.2) is 42.5 Å². The van der Waals surface area contributed by atoms with Crippen LogP contribution in [0.2, 0.25) is 5.02 Å². The largest absolute Gasteiger partial charge is 0.495 e. The molecule has 0 radical (unpaired) electrons. The van der Waals surface area contributed by atoms with Crippen LogP contribution in [0.3, 0.4) is 0 Å². The third-order valence-corrected chi connectivity index (χ3v) is 7.00.